The van der Waals surface area contributed by atoms with Crippen molar-refractivity contribution in [3.8, 4) is 0 Å². The first kappa shape index (κ1) is 11.7. The minimum Gasteiger partial charge on any atom is -0.382 e. The predicted molar refractivity (Wildman–Crippen MR) is 57.6 cm³/mol. The number of aromatic nitrogens is 2. The van der Waals surface area contributed by atoms with Crippen molar-refractivity contribution in [1.29, 1.82) is 0 Å². The van der Waals surface area contributed by atoms with Crippen molar-refractivity contribution >= 4 is 11.6 Å². The second-order valence-corrected chi connectivity index (χ2v) is 3.04. The lowest BCUT2D eigenvalue weighted by molar-refractivity contribution is 0.0365. The zero-order valence-corrected chi connectivity index (χ0v) is 8.93. The molecule has 1 atom stereocenters. The number of nitrogens with one attached hydrogen (secondary N) is 1. The summed E-state index contributed by atoms with van der Waals surface area (Å²) in [7, 11) is 3.27. The van der Waals surface area contributed by atoms with Crippen LogP contribution in [-0.4, -0.2) is 43.7 Å². The molecule has 0 fully saturated rings. The normalized spacial score (nSPS) is 12.4. The van der Waals surface area contributed by atoms with Crippen molar-refractivity contribution in [1.82, 2.24) is 10.2 Å². The number of nitrogens with zero attached hydrogens (tertiary/aromatic N) is 2. The van der Waals surface area contributed by atoms with Crippen LogP contribution in [0.4, 0.5) is 11.6 Å². The van der Waals surface area contributed by atoms with E-state index in [9.17, 15) is 0 Å². The lowest BCUT2D eigenvalue weighted by Gasteiger charge is -2.14. The van der Waals surface area contributed by atoms with E-state index in [1.165, 1.54) is 0 Å². The third kappa shape index (κ3) is 4.09. The molecule has 84 valence electrons. The van der Waals surface area contributed by atoms with Crippen LogP contribution in [0.2, 0.25) is 0 Å². The molecule has 0 aliphatic carbocycles. The highest BCUT2D eigenvalue weighted by molar-refractivity contribution is 5.38. The van der Waals surface area contributed by atoms with E-state index < -0.39 is 0 Å². The van der Waals surface area contributed by atoms with E-state index >= 15 is 0 Å². The Morgan fingerprint density at radius 1 is 1.40 bits per heavy atom. The van der Waals surface area contributed by atoms with Crippen LogP contribution in [0.3, 0.4) is 0 Å². The molecule has 1 aromatic heterocycles. The molecule has 1 rings (SSSR count). The fourth-order valence-electron chi connectivity index (χ4n) is 1.05. The zero-order valence-electron chi connectivity index (χ0n) is 8.93. The molecule has 0 amide bonds. The summed E-state index contributed by atoms with van der Waals surface area (Å²) in [6, 6.07) is 3.45. The highest BCUT2D eigenvalue weighted by Gasteiger charge is 2.06. The summed E-state index contributed by atoms with van der Waals surface area (Å²) in [6.45, 7) is 1.15. The van der Waals surface area contributed by atoms with Gasteiger partial charge in [-0.25, -0.2) is 0 Å². The van der Waals surface area contributed by atoms with Gasteiger partial charge in [-0.15, -0.1) is 10.2 Å². The van der Waals surface area contributed by atoms with Crippen molar-refractivity contribution in [2.45, 2.75) is 6.10 Å². The zero-order chi connectivity index (χ0) is 11.1. The Labute approximate surface area is 88.8 Å². The molecule has 0 aliphatic heterocycles. The number of nitrogen functional groups attached to an aromatic ring is 1. The maximum atomic E-state index is 5.41. The third-order valence-corrected chi connectivity index (χ3v) is 1.88. The largest absolute Gasteiger partial charge is 0.382 e. The van der Waals surface area contributed by atoms with Crippen LogP contribution >= 0.6 is 0 Å². The molecular weight excluding hydrogens is 196 g/mol. The molecule has 0 aromatic carbocycles. The first-order valence-electron chi connectivity index (χ1n) is 4.61. The molecule has 6 nitrogen and oxygen atoms in total. The maximum Gasteiger partial charge on any atom is 0.148 e. The van der Waals surface area contributed by atoms with Crippen LogP contribution in [0.25, 0.3) is 0 Å². The molecule has 0 spiro atoms. The number of rotatable bonds is 6. The Hall–Kier alpha value is -1.40. The maximum absolute atomic E-state index is 5.41. The van der Waals surface area contributed by atoms with Crippen LogP contribution < -0.4 is 11.1 Å². The molecule has 15 heavy (non-hydrogen) atoms. The molecule has 0 radical (unpaired) electrons. The van der Waals surface area contributed by atoms with E-state index in [0.717, 1.165) is 0 Å². The number of anilines is 2. The summed E-state index contributed by atoms with van der Waals surface area (Å²) in [4.78, 5) is 0. The van der Waals surface area contributed by atoms with Crippen LogP contribution in [-0.2, 0) is 9.47 Å². The average molecular weight is 212 g/mol. The van der Waals surface area contributed by atoms with Crippen LogP contribution in [0.5, 0.6) is 0 Å². The van der Waals surface area contributed by atoms with Crippen molar-refractivity contribution in [3.05, 3.63) is 12.1 Å². The summed E-state index contributed by atoms with van der Waals surface area (Å²) in [5.74, 6) is 1.07. The lowest BCUT2D eigenvalue weighted by Crippen LogP contribution is -2.26. The fraction of sp³-hybridized carbons (Fsp3) is 0.556. The highest BCUT2D eigenvalue weighted by atomic mass is 16.5. The van der Waals surface area contributed by atoms with Gasteiger partial charge in [-0.05, 0) is 12.1 Å². The molecule has 1 unspecified atom stereocenters. The van der Waals surface area contributed by atoms with Crippen LogP contribution in [0.15, 0.2) is 12.1 Å². The second kappa shape index (κ2) is 6.15. The van der Waals surface area contributed by atoms with E-state index in [-0.39, 0.29) is 6.10 Å². The standard InChI is InChI=1S/C9H16N4O2/c1-14-6-7(15-2)5-11-9-4-3-8(10)12-13-9/h3-4,7H,5-6H2,1-2H3,(H2,10,12)(H,11,13). The molecule has 6 heteroatoms. The number of methoxy groups -OCH3 is 2. The molecule has 1 aromatic rings. The molecule has 3 N–H and O–H groups in total. The molecule has 0 saturated carbocycles. The minimum atomic E-state index is -0.00523. The molecule has 0 bridgehead atoms. The Morgan fingerprint density at radius 2 is 2.20 bits per heavy atom. The summed E-state index contributed by atoms with van der Waals surface area (Å²) < 4.78 is 10.2. The first-order chi connectivity index (χ1) is 7.26. The van der Waals surface area contributed by atoms with Gasteiger partial charge in [0.15, 0.2) is 0 Å². The van der Waals surface area contributed by atoms with Gasteiger partial charge in [-0.1, -0.05) is 0 Å². The average Bonchev–Trinajstić information content (AvgIpc) is 2.26. The van der Waals surface area contributed by atoms with Crippen molar-refractivity contribution in [2.75, 3.05) is 38.4 Å². The number of hydrogen-bond donors (Lipinski definition) is 2. The number of ether oxygens (including phenoxy) is 2. The molecule has 0 saturated heterocycles. The molecule has 1 heterocycles. The van der Waals surface area contributed by atoms with E-state index in [4.69, 9.17) is 15.2 Å². The summed E-state index contributed by atoms with van der Waals surface area (Å²) in [5.41, 5.74) is 5.41. The Morgan fingerprint density at radius 3 is 2.73 bits per heavy atom. The van der Waals surface area contributed by atoms with Crippen LogP contribution in [0, 0.1) is 0 Å². The summed E-state index contributed by atoms with van der Waals surface area (Å²) in [6.07, 6.45) is -0.00523. The third-order valence-electron chi connectivity index (χ3n) is 1.88. The van der Waals surface area contributed by atoms with E-state index in [1.54, 1.807) is 26.4 Å². The minimum absolute atomic E-state index is 0.00523. The number of hydrogen-bond acceptors (Lipinski definition) is 6. The fourth-order valence-corrected chi connectivity index (χ4v) is 1.05. The van der Waals surface area contributed by atoms with Gasteiger partial charge in [-0.3, -0.25) is 0 Å². The highest BCUT2D eigenvalue weighted by Crippen LogP contribution is 2.03. The smallest absolute Gasteiger partial charge is 0.148 e. The van der Waals surface area contributed by atoms with Gasteiger partial charge in [0.2, 0.25) is 0 Å². The quantitative estimate of drug-likeness (QED) is 0.697. The van der Waals surface area contributed by atoms with Gasteiger partial charge in [0, 0.05) is 20.8 Å². The van der Waals surface area contributed by atoms with Gasteiger partial charge < -0.3 is 20.5 Å². The van der Waals surface area contributed by atoms with Crippen molar-refractivity contribution < 1.29 is 9.47 Å². The van der Waals surface area contributed by atoms with Gasteiger partial charge in [0.25, 0.3) is 0 Å². The van der Waals surface area contributed by atoms with E-state index in [2.05, 4.69) is 15.5 Å². The van der Waals surface area contributed by atoms with Gasteiger partial charge in [-0.2, -0.15) is 0 Å². The summed E-state index contributed by atoms with van der Waals surface area (Å²) in [5, 5.41) is 10.7. The monoisotopic (exact) mass is 212 g/mol. The Balaban J connectivity index is 2.38. The van der Waals surface area contributed by atoms with Crippen LogP contribution in [0.1, 0.15) is 0 Å². The Kier molecular flexibility index (Phi) is 4.79. The van der Waals surface area contributed by atoms with Crippen molar-refractivity contribution in [2.24, 2.45) is 0 Å². The second-order valence-electron chi connectivity index (χ2n) is 3.04. The summed E-state index contributed by atoms with van der Waals surface area (Å²) >= 11 is 0. The SMILES string of the molecule is COCC(CNc1ccc(N)nn1)OC. The van der Waals surface area contributed by atoms with Crippen molar-refractivity contribution in [3.63, 3.8) is 0 Å². The van der Waals surface area contributed by atoms with E-state index in [0.29, 0.717) is 24.8 Å². The molecular formula is C9H16N4O2. The van der Waals surface area contributed by atoms with Gasteiger partial charge in [0.1, 0.15) is 11.6 Å². The lowest BCUT2D eigenvalue weighted by atomic mass is 10.3. The molecule has 0 aliphatic rings. The van der Waals surface area contributed by atoms with Gasteiger partial charge in [0.05, 0.1) is 12.7 Å². The topological polar surface area (TPSA) is 82.3 Å². The predicted octanol–water partition coefficient (Wildman–Crippen LogP) is 0.132. The number of nitrogens with two attached hydrogens (primary N) is 1. The Bertz CT molecular complexity index is 278. The van der Waals surface area contributed by atoms with E-state index in [1.807, 2.05) is 0 Å². The van der Waals surface area contributed by atoms with Gasteiger partial charge >= 0.3 is 0 Å². The first-order valence-corrected chi connectivity index (χ1v) is 4.61.